The average molecular weight is 277 g/mol. The Bertz CT molecular complexity index is 451. The Morgan fingerprint density at radius 3 is 2.60 bits per heavy atom. The Balaban J connectivity index is 1.88. The number of piperidine rings is 1. The summed E-state index contributed by atoms with van der Waals surface area (Å²) < 4.78 is 0. The summed E-state index contributed by atoms with van der Waals surface area (Å²) in [5, 5.41) is 13.7. The van der Waals surface area contributed by atoms with Crippen LogP contribution in [0.4, 0.5) is 5.82 Å². The minimum Gasteiger partial charge on any atom is -0.372 e. The number of nitrogens with zero attached hydrogens (tertiary/aromatic N) is 3. The standard InChI is InChI=1S/C14H23N5O/c1-14(6-8-19(3)9-7-14)10-16-13(20)11-4-5-12(15-2)18-17-11/h4-5H,6-10H2,1-3H3,(H,15,18)(H,16,20). The van der Waals surface area contributed by atoms with Crippen LogP contribution in [-0.4, -0.2) is 54.7 Å². The van der Waals surface area contributed by atoms with Crippen LogP contribution in [0.5, 0.6) is 0 Å². The molecule has 1 aromatic rings. The highest BCUT2D eigenvalue weighted by atomic mass is 16.1. The molecule has 1 aliphatic heterocycles. The van der Waals surface area contributed by atoms with Crippen LogP contribution in [0.1, 0.15) is 30.3 Å². The second-order valence-electron chi connectivity index (χ2n) is 5.85. The van der Waals surface area contributed by atoms with E-state index in [1.165, 1.54) is 0 Å². The lowest BCUT2D eigenvalue weighted by atomic mass is 9.80. The van der Waals surface area contributed by atoms with Crippen molar-refractivity contribution in [2.75, 3.05) is 39.0 Å². The third-order valence-electron chi connectivity index (χ3n) is 4.02. The Morgan fingerprint density at radius 2 is 2.05 bits per heavy atom. The van der Waals surface area contributed by atoms with Gasteiger partial charge < -0.3 is 15.5 Å². The van der Waals surface area contributed by atoms with Gasteiger partial charge in [0.2, 0.25) is 0 Å². The number of carbonyl (C=O) groups excluding carboxylic acids is 1. The highest BCUT2D eigenvalue weighted by Gasteiger charge is 2.29. The van der Waals surface area contributed by atoms with Crippen molar-refractivity contribution >= 4 is 11.7 Å². The minimum atomic E-state index is -0.152. The van der Waals surface area contributed by atoms with E-state index >= 15 is 0 Å². The number of aromatic nitrogens is 2. The van der Waals surface area contributed by atoms with Gasteiger partial charge in [-0.05, 0) is 50.5 Å². The molecule has 0 bridgehead atoms. The molecule has 20 heavy (non-hydrogen) atoms. The van der Waals surface area contributed by atoms with E-state index in [-0.39, 0.29) is 11.3 Å². The molecule has 6 nitrogen and oxygen atoms in total. The molecule has 2 heterocycles. The van der Waals surface area contributed by atoms with E-state index < -0.39 is 0 Å². The molecule has 110 valence electrons. The van der Waals surface area contributed by atoms with Gasteiger partial charge in [0.15, 0.2) is 5.69 Å². The van der Waals surface area contributed by atoms with Gasteiger partial charge in [0.05, 0.1) is 0 Å². The predicted octanol–water partition coefficient (Wildman–Crippen LogP) is 0.980. The van der Waals surface area contributed by atoms with Crippen LogP contribution in [-0.2, 0) is 0 Å². The van der Waals surface area contributed by atoms with Gasteiger partial charge in [0, 0.05) is 13.6 Å². The largest absolute Gasteiger partial charge is 0.372 e. The van der Waals surface area contributed by atoms with Gasteiger partial charge in [-0.2, -0.15) is 0 Å². The zero-order valence-corrected chi connectivity index (χ0v) is 12.4. The molecule has 6 heteroatoms. The first kappa shape index (κ1) is 14.7. The highest BCUT2D eigenvalue weighted by molar-refractivity contribution is 5.92. The van der Waals surface area contributed by atoms with Crippen LogP contribution in [0, 0.1) is 5.41 Å². The molecular weight excluding hydrogens is 254 g/mol. The average Bonchev–Trinajstić information content (AvgIpc) is 2.48. The van der Waals surface area contributed by atoms with Crippen LogP contribution in [0.2, 0.25) is 0 Å². The molecule has 1 aromatic heterocycles. The zero-order valence-electron chi connectivity index (χ0n) is 12.4. The number of amides is 1. The lowest BCUT2D eigenvalue weighted by Crippen LogP contribution is -2.43. The Kier molecular flexibility index (Phi) is 4.54. The molecule has 0 aliphatic carbocycles. The van der Waals surface area contributed by atoms with Crippen LogP contribution in [0.25, 0.3) is 0 Å². The fourth-order valence-electron chi connectivity index (χ4n) is 2.31. The summed E-state index contributed by atoms with van der Waals surface area (Å²) in [6.07, 6.45) is 2.21. The number of anilines is 1. The molecule has 2 rings (SSSR count). The van der Waals surface area contributed by atoms with Crippen molar-refractivity contribution in [2.24, 2.45) is 5.41 Å². The Labute approximate surface area is 120 Å². The van der Waals surface area contributed by atoms with Crippen LogP contribution in [0.3, 0.4) is 0 Å². The number of hydrogen-bond donors (Lipinski definition) is 2. The van der Waals surface area contributed by atoms with Crippen LogP contribution < -0.4 is 10.6 Å². The van der Waals surface area contributed by atoms with Crippen molar-refractivity contribution in [3.8, 4) is 0 Å². The quantitative estimate of drug-likeness (QED) is 0.858. The molecule has 2 N–H and O–H groups in total. The summed E-state index contributed by atoms with van der Waals surface area (Å²) in [6, 6.07) is 3.43. The van der Waals surface area contributed by atoms with Crippen molar-refractivity contribution in [1.29, 1.82) is 0 Å². The molecule has 0 radical (unpaired) electrons. The molecule has 0 unspecified atom stereocenters. The maximum atomic E-state index is 12.0. The Morgan fingerprint density at radius 1 is 1.35 bits per heavy atom. The normalized spacial score (nSPS) is 18.6. The summed E-state index contributed by atoms with van der Waals surface area (Å²) in [5.74, 6) is 0.504. The van der Waals surface area contributed by atoms with E-state index in [0.29, 0.717) is 18.1 Å². The number of hydrogen-bond acceptors (Lipinski definition) is 5. The summed E-state index contributed by atoms with van der Waals surface area (Å²) in [5.41, 5.74) is 0.543. The number of nitrogens with one attached hydrogen (secondary N) is 2. The third kappa shape index (κ3) is 3.66. The van der Waals surface area contributed by atoms with Gasteiger partial charge in [0.25, 0.3) is 5.91 Å². The van der Waals surface area contributed by atoms with E-state index in [0.717, 1.165) is 25.9 Å². The van der Waals surface area contributed by atoms with Crippen molar-refractivity contribution in [2.45, 2.75) is 19.8 Å². The molecule has 0 spiro atoms. The smallest absolute Gasteiger partial charge is 0.271 e. The van der Waals surface area contributed by atoms with Crippen LogP contribution >= 0.6 is 0 Å². The summed E-state index contributed by atoms with van der Waals surface area (Å²) in [6.45, 7) is 5.09. The predicted molar refractivity (Wildman–Crippen MR) is 78.7 cm³/mol. The summed E-state index contributed by atoms with van der Waals surface area (Å²) in [7, 11) is 3.90. The molecule has 0 aromatic carbocycles. The fraction of sp³-hybridized carbons (Fsp3) is 0.643. The van der Waals surface area contributed by atoms with E-state index in [1.807, 2.05) is 0 Å². The number of rotatable bonds is 4. The second-order valence-corrected chi connectivity index (χ2v) is 5.85. The molecule has 1 amide bonds. The first-order valence-electron chi connectivity index (χ1n) is 7.01. The number of likely N-dealkylation sites (tertiary alicyclic amines) is 1. The van der Waals surface area contributed by atoms with Gasteiger partial charge >= 0.3 is 0 Å². The summed E-state index contributed by atoms with van der Waals surface area (Å²) in [4.78, 5) is 14.4. The van der Waals surface area contributed by atoms with E-state index in [1.54, 1.807) is 19.2 Å². The zero-order chi connectivity index (χ0) is 14.6. The third-order valence-corrected chi connectivity index (χ3v) is 4.02. The fourth-order valence-corrected chi connectivity index (χ4v) is 2.31. The maximum absolute atomic E-state index is 12.0. The summed E-state index contributed by atoms with van der Waals surface area (Å²) >= 11 is 0. The molecule has 1 aliphatic rings. The van der Waals surface area contributed by atoms with Gasteiger partial charge in [-0.1, -0.05) is 6.92 Å². The van der Waals surface area contributed by atoms with E-state index in [2.05, 4.69) is 39.7 Å². The van der Waals surface area contributed by atoms with Gasteiger partial charge in [0.1, 0.15) is 5.82 Å². The first-order chi connectivity index (χ1) is 9.52. The topological polar surface area (TPSA) is 70.2 Å². The van der Waals surface area contributed by atoms with Crippen molar-refractivity contribution in [3.63, 3.8) is 0 Å². The first-order valence-corrected chi connectivity index (χ1v) is 7.01. The van der Waals surface area contributed by atoms with Crippen LogP contribution in [0.15, 0.2) is 12.1 Å². The highest BCUT2D eigenvalue weighted by Crippen LogP contribution is 2.29. The monoisotopic (exact) mass is 277 g/mol. The molecule has 1 fully saturated rings. The van der Waals surface area contributed by atoms with Crippen molar-refractivity contribution in [3.05, 3.63) is 17.8 Å². The molecular formula is C14H23N5O. The molecule has 0 atom stereocenters. The second kappa shape index (κ2) is 6.17. The lowest BCUT2D eigenvalue weighted by Gasteiger charge is -2.37. The van der Waals surface area contributed by atoms with E-state index in [9.17, 15) is 4.79 Å². The van der Waals surface area contributed by atoms with E-state index in [4.69, 9.17) is 0 Å². The lowest BCUT2D eigenvalue weighted by molar-refractivity contribution is 0.0886. The van der Waals surface area contributed by atoms with Crippen molar-refractivity contribution in [1.82, 2.24) is 20.4 Å². The Hall–Kier alpha value is -1.69. The molecule has 0 saturated carbocycles. The number of carbonyl (C=O) groups is 1. The van der Waals surface area contributed by atoms with Gasteiger partial charge in [-0.3, -0.25) is 4.79 Å². The van der Waals surface area contributed by atoms with Crippen molar-refractivity contribution < 1.29 is 4.79 Å². The maximum Gasteiger partial charge on any atom is 0.271 e. The minimum absolute atomic E-state index is 0.152. The van der Waals surface area contributed by atoms with Gasteiger partial charge in [-0.15, -0.1) is 10.2 Å². The van der Waals surface area contributed by atoms with Gasteiger partial charge in [-0.25, -0.2) is 0 Å². The molecule has 1 saturated heterocycles. The SMILES string of the molecule is CNc1ccc(C(=O)NCC2(C)CCN(C)CC2)nn1.